The Kier molecular flexibility index (Phi) is 3.71. The minimum absolute atomic E-state index is 0.194. The summed E-state index contributed by atoms with van der Waals surface area (Å²) in [6.07, 6.45) is 5.56. The Bertz CT molecular complexity index is 1110. The van der Waals surface area contributed by atoms with Gasteiger partial charge in [-0.3, -0.25) is 9.89 Å². The minimum Gasteiger partial charge on any atom is -0.331 e. The SMILES string of the molecule is O=C(NCn1c(-c2ccccc2C2CC2)cc2cccnc21)c1ncn[nH]1. The van der Waals surface area contributed by atoms with Gasteiger partial charge in [0.2, 0.25) is 5.82 Å². The highest BCUT2D eigenvalue weighted by Crippen LogP contribution is 2.44. The third kappa shape index (κ3) is 2.87. The van der Waals surface area contributed by atoms with E-state index in [0.29, 0.717) is 12.6 Å². The first-order chi connectivity index (χ1) is 13.3. The van der Waals surface area contributed by atoms with Gasteiger partial charge >= 0.3 is 0 Å². The lowest BCUT2D eigenvalue weighted by atomic mass is 10.0. The van der Waals surface area contributed by atoms with Gasteiger partial charge in [0.05, 0.1) is 12.4 Å². The van der Waals surface area contributed by atoms with Crippen LogP contribution in [-0.4, -0.2) is 30.6 Å². The van der Waals surface area contributed by atoms with Gasteiger partial charge in [0, 0.05) is 17.1 Å². The van der Waals surface area contributed by atoms with Crippen molar-refractivity contribution in [3.05, 3.63) is 66.4 Å². The van der Waals surface area contributed by atoms with Gasteiger partial charge in [-0.2, -0.15) is 5.10 Å². The van der Waals surface area contributed by atoms with Gasteiger partial charge in [0.1, 0.15) is 12.0 Å². The molecule has 7 nitrogen and oxygen atoms in total. The molecular weight excluding hydrogens is 340 g/mol. The van der Waals surface area contributed by atoms with E-state index < -0.39 is 0 Å². The van der Waals surface area contributed by atoms with Crippen LogP contribution in [0.4, 0.5) is 0 Å². The normalized spacial score (nSPS) is 13.8. The molecule has 0 bridgehead atoms. The number of pyridine rings is 1. The molecule has 0 unspecified atom stereocenters. The van der Waals surface area contributed by atoms with Gasteiger partial charge < -0.3 is 9.88 Å². The Balaban J connectivity index is 1.57. The smallest absolute Gasteiger partial charge is 0.289 e. The molecule has 1 saturated carbocycles. The van der Waals surface area contributed by atoms with Crippen molar-refractivity contribution in [1.29, 1.82) is 0 Å². The molecule has 0 radical (unpaired) electrons. The lowest BCUT2D eigenvalue weighted by molar-refractivity contribution is 0.0933. The van der Waals surface area contributed by atoms with Crippen LogP contribution in [0.2, 0.25) is 0 Å². The van der Waals surface area contributed by atoms with Gasteiger partial charge in [-0.05, 0) is 42.5 Å². The number of nitrogens with zero attached hydrogens (tertiary/aromatic N) is 4. The molecule has 0 atom stereocenters. The Morgan fingerprint density at radius 1 is 1.19 bits per heavy atom. The Hall–Kier alpha value is -3.48. The summed E-state index contributed by atoms with van der Waals surface area (Å²) in [5.41, 5.74) is 4.47. The number of rotatable bonds is 5. The van der Waals surface area contributed by atoms with Crippen LogP contribution in [0.15, 0.2) is 55.0 Å². The van der Waals surface area contributed by atoms with Gasteiger partial charge in [-0.1, -0.05) is 24.3 Å². The van der Waals surface area contributed by atoms with Crippen LogP contribution in [0.3, 0.4) is 0 Å². The number of amides is 1. The molecule has 1 aromatic carbocycles. The fourth-order valence-electron chi connectivity index (χ4n) is 3.50. The summed E-state index contributed by atoms with van der Waals surface area (Å²) >= 11 is 0. The third-order valence-electron chi connectivity index (χ3n) is 4.94. The summed E-state index contributed by atoms with van der Waals surface area (Å²) in [7, 11) is 0. The predicted molar refractivity (Wildman–Crippen MR) is 101 cm³/mol. The van der Waals surface area contributed by atoms with E-state index in [-0.39, 0.29) is 11.7 Å². The number of aromatic nitrogens is 5. The molecule has 0 aliphatic heterocycles. The van der Waals surface area contributed by atoms with Crippen LogP contribution in [0.25, 0.3) is 22.3 Å². The lowest BCUT2D eigenvalue weighted by Gasteiger charge is -2.14. The number of hydrogen-bond acceptors (Lipinski definition) is 4. The average molecular weight is 358 g/mol. The number of benzene rings is 1. The van der Waals surface area contributed by atoms with E-state index in [2.05, 4.69) is 55.8 Å². The lowest BCUT2D eigenvalue weighted by Crippen LogP contribution is -2.27. The molecule has 0 saturated heterocycles. The van der Waals surface area contributed by atoms with E-state index in [1.807, 2.05) is 16.7 Å². The van der Waals surface area contributed by atoms with Crippen molar-refractivity contribution in [1.82, 2.24) is 30.0 Å². The standard InChI is InChI=1S/C20H18N6O/c27-20(18-22-11-24-25-18)23-12-26-17(10-14-4-3-9-21-19(14)26)16-6-2-1-5-15(16)13-7-8-13/h1-6,9-11,13H,7-8,12H2,(H,23,27)(H,22,24,25). The molecule has 3 heterocycles. The zero-order valence-corrected chi connectivity index (χ0v) is 14.6. The van der Waals surface area contributed by atoms with Gasteiger partial charge in [-0.25, -0.2) is 9.97 Å². The molecule has 7 heteroatoms. The highest BCUT2D eigenvalue weighted by Gasteiger charge is 2.27. The maximum absolute atomic E-state index is 12.3. The average Bonchev–Trinajstić information content (AvgIpc) is 3.27. The number of aromatic amines is 1. The van der Waals surface area contributed by atoms with Crippen LogP contribution >= 0.6 is 0 Å². The number of carbonyl (C=O) groups excluding carboxylic acids is 1. The van der Waals surface area contributed by atoms with Crippen molar-refractivity contribution in [2.75, 3.05) is 0 Å². The second kappa shape index (κ2) is 6.35. The summed E-state index contributed by atoms with van der Waals surface area (Å²) in [4.78, 5) is 20.7. The largest absolute Gasteiger partial charge is 0.331 e. The van der Waals surface area contributed by atoms with E-state index >= 15 is 0 Å². The topological polar surface area (TPSA) is 88.5 Å². The summed E-state index contributed by atoms with van der Waals surface area (Å²) in [6.45, 7) is 0.300. The molecule has 134 valence electrons. The maximum Gasteiger partial charge on any atom is 0.289 e. The number of fused-ring (bicyclic) bond motifs is 1. The molecule has 1 aliphatic carbocycles. The van der Waals surface area contributed by atoms with Crippen molar-refractivity contribution >= 4 is 16.9 Å². The maximum atomic E-state index is 12.3. The monoisotopic (exact) mass is 358 g/mol. The van der Waals surface area contributed by atoms with Crippen LogP contribution < -0.4 is 5.32 Å². The van der Waals surface area contributed by atoms with Crippen LogP contribution in [-0.2, 0) is 6.67 Å². The molecule has 0 spiro atoms. The van der Waals surface area contributed by atoms with Crippen LogP contribution in [0.5, 0.6) is 0 Å². The first kappa shape index (κ1) is 15.7. The van der Waals surface area contributed by atoms with Crippen molar-refractivity contribution in [2.45, 2.75) is 25.4 Å². The Morgan fingerprint density at radius 3 is 2.89 bits per heavy atom. The van der Waals surface area contributed by atoms with Gasteiger partial charge in [0.25, 0.3) is 5.91 Å². The molecule has 1 amide bonds. The fraction of sp³-hybridized carbons (Fsp3) is 0.200. The van der Waals surface area contributed by atoms with Crippen molar-refractivity contribution in [3.63, 3.8) is 0 Å². The van der Waals surface area contributed by atoms with E-state index in [9.17, 15) is 4.79 Å². The van der Waals surface area contributed by atoms with Crippen molar-refractivity contribution < 1.29 is 4.79 Å². The van der Waals surface area contributed by atoms with Crippen LogP contribution in [0, 0.1) is 0 Å². The summed E-state index contributed by atoms with van der Waals surface area (Å²) in [6, 6.07) is 14.6. The summed E-state index contributed by atoms with van der Waals surface area (Å²) in [5.74, 6) is 0.524. The highest BCUT2D eigenvalue weighted by molar-refractivity contribution is 5.90. The minimum atomic E-state index is -0.299. The molecule has 27 heavy (non-hydrogen) atoms. The molecule has 4 aromatic rings. The van der Waals surface area contributed by atoms with Gasteiger partial charge in [-0.15, -0.1) is 0 Å². The molecule has 1 aliphatic rings. The van der Waals surface area contributed by atoms with Crippen molar-refractivity contribution in [3.8, 4) is 11.3 Å². The molecule has 3 aromatic heterocycles. The zero-order valence-electron chi connectivity index (χ0n) is 14.6. The quantitative estimate of drug-likeness (QED) is 0.574. The highest BCUT2D eigenvalue weighted by atomic mass is 16.2. The Morgan fingerprint density at radius 2 is 2.07 bits per heavy atom. The van der Waals surface area contributed by atoms with Crippen molar-refractivity contribution in [2.24, 2.45) is 0 Å². The molecular formula is C20H18N6O. The predicted octanol–water partition coefficient (Wildman–Crippen LogP) is 3.09. The second-order valence-electron chi connectivity index (χ2n) is 6.73. The molecule has 1 fully saturated rings. The molecule has 2 N–H and O–H groups in total. The van der Waals surface area contributed by atoms with Crippen LogP contribution in [0.1, 0.15) is 34.9 Å². The van der Waals surface area contributed by atoms with E-state index in [0.717, 1.165) is 16.7 Å². The van der Waals surface area contributed by atoms with E-state index in [1.165, 1.54) is 30.3 Å². The van der Waals surface area contributed by atoms with E-state index in [1.54, 1.807) is 6.20 Å². The fourth-order valence-corrected chi connectivity index (χ4v) is 3.50. The van der Waals surface area contributed by atoms with Gasteiger partial charge in [0.15, 0.2) is 0 Å². The second-order valence-corrected chi connectivity index (χ2v) is 6.73. The first-order valence-electron chi connectivity index (χ1n) is 8.98. The number of hydrogen-bond donors (Lipinski definition) is 2. The summed E-state index contributed by atoms with van der Waals surface area (Å²) < 4.78 is 2.05. The number of nitrogens with one attached hydrogen (secondary N) is 2. The number of carbonyl (C=O) groups is 1. The molecule has 5 rings (SSSR count). The van der Waals surface area contributed by atoms with E-state index in [4.69, 9.17) is 0 Å². The summed E-state index contributed by atoms with van der Waals surface area (Å²) in [5, 5.41) is 10.3. The Labute approximate surface area is 155 Å². The third-order valence-corrected chi connectivity index (χ3v) is 4.94. The number of H-pyrrole nitrogens is 1. The first-order valence-corrected chi connectivity index (χ1v) is 8.98. The zero-order chi connectivity index (χ0) is 18.2.